The molecule has 0 bridgehead atoms. The van der Waals surface area contributed by atoms with Gasteiger partial charge in [-0.2, -0.15) is 0 Å². The van der Waals surface area contributed by atoms with Gasteiger partial charge in [0.15, 0.2) is 0 Å². The van der Waals surface area contributed by atoms with Crippen LogP contribution in [0.25, 0.3) is 0 Å². The van der Waals surface area contributed by atoms with Crippen LogP contribution in [0.15, 0.2) is 28.0 Å². The van der Waals surface area contributed by atoms with Gasteiger partial charge in [-0.15, -0.1) is 0 Å². The average Bonchev–Trinajstić information content (AvgIpc) is 2.96. The highest BCUT2D eigenvalue weighted by atomic mass is 16.2. The fraction of sp³-hybridized carbons (Fsp3) is 0.357. The van der Waals surface area contributed by atoms with Crippen LogP contribution in [0.4, 0.5) is 0 Å². The zero-order valence-electron chi connectivity index (χ0n) is 12.0. The van der Waals surface area contributed by atoms with E-state index in [-0.39, 0.29) is 11.5 Å². The zero-order chi connectivity index (χ0) is 15.7. The maximum Gasteiger partial charge on any atom is 0.325 e. The van der Waals surface area contributed by atoms with E-state index in [1.54, 1.807) is 11.1 Å². The van der Waals surface area contributed by atoms with Crippen LogP contribution in [0.3, 0.4) is 0 Å². The average molecular weight is 301 g/mol. The molecule has 1 unspecified atom stereocenters. The summed E-state index contributed by atoms with van der Waals surface area (Å²) in [6.07, 6.45) is 3.60. The molecule has 1 aliphatic rings. The third-order valence-electron chi connectivity index (χ3n) is 3.70. The number of hydrogen-bond acceptors (Lipinski definition) is 5. The molecule has 114 valence electrons. The quantitative estimate of drug-likeness (QED) is 0.797. The Labute approximate surface area is 125 Å². The summed E-state index contributed by atoms with van der Waals surface area (Å²) >= 11 is 0. The van der Waals surface area contributed by atoms with E-state index in [0.29, 0.717) is 18.9 Å². The molecule has 2 aromatic rings. The molecule has 1 amide bonds. The fourth-order valence-electron chi connectivity index (χ4n) is 2.56. The van der Waals surface area contributed by atoms with Gasteiger partial charge in [0.05, 0.1) is 0 Å². The van der Waals surface area contributed by atoms with Gasteiger partial charge < -0.3 is 9.88 Å². The number of aryl methyl sites for hydroxylation is 1. The lowest BCUT2D eigenvalue weighted by atomic mass is 10.1. The fourth-order valence-corrected chi connectivity index (χ4v) is 2.56. The number of aromatic nitrogens is 4. The Balaban J connectivity index is 1.79. The first-order valence-corrected chi connectivity index (χ1v) is 6.95. The number of H-pyrrole nitrogens is 2. The molecule has 2 N–H and O–H groups in total. The molecule has 2 aromatic heterocycles. The van der Waals surface area contributed by atoms with Gasteiger partial charge in [-0.1, -0.05) is 0 Å². The maximum atomic E-state index is 12.4. The van der Waals surface area contributed by atoms with Crippen LogP contribution in [0.5, 0.6) is 0 Å². The molecule has 0 aliphatic carbocycles. The van der Waals surface area contributed by atoms with Gasteiger partial charge in [-0.05, 0) is 19.4 Å². The van der Waals surface area contributed by atoms with Crippen LogP contribution >= 0.6 is 0 Å². The minimum Gasteiger partial charge on any atom is -0.338 e. The van der Waals surface area contributed by atoms with Crippen molar-refractivity contribution in [2.24, 2.45) is 0 Å². The van der Waals surface area contributed by atoms with Crippen molar-refractivity contribution >= 4 is 5.91 Å². The van der Waals surface area contributed by atoms with Crippen molar-refractivity contribution in [3.05, 3.63) is 56.4 Å². The molecule has 0 saturated carbocycles. The third kappa shape index (κ3) is 2.67. The van der Waals surface area contributed by atoms with Gasteiger partial charge in [0, 0.05) is 37.1 Å². The lowest BCUT2D eigenvalue weighted by molar-refractivity contribution is 0.0788. The van der Waals surface area contributed by atoms with Crippen LogP contribution in [-0.4, -0.2) is 43.8 Å². The Bertz CT molecular complexity index is 825. The smallest absolute Gasteiger partial charge is 0.325 e. The Kier molecular flexibility index (Phi) is 3.58. The van der Waals surface area contributed by atoms with Crippen molar-refractivity contribution in [2.75, 3.05) is 13.1 Å². The highest BCUT2D eigenvalue weighted by molar-refractivity contribution is 5.93. The lowest BCUT2D eigenvalue weighted by Gasteiger charge is -2.15. The number of rotatable bonds is 2. The summed E-state index contributed by atoms with van der Waals surface area (Å²) in [6, 6.07) is 1.82. The minimum atomic E-state index is -0.677. The first kappa shape index (κ1) is 14.2. The van der Waals surface area contributed by atoms with E-state index >= 15 is 0 Å². The highest BCUT2D eigenvalue weighted by Gasteiger charge is 2.30. The first-order chi connectivity index (χ1) is 10.5. The van der Waals surface area contributed by atoms with Gasteiger partial charge in [0.1, 0.15) is 11.4 Å². The van der Waals surface area contributed by atoms with Crippen LogP contribution in [0.2, 0.25) is 0 Å². The normalized spacial score (nSPS) is 17.7. The van der Waals surface area contributed by atoms with Crippen molar-refractivity contribution < 1.29 is 4.79 Å². The predicted octanol–water partition coefficient (Wildman–Crippen LogP) is -0.209. The Morgan fingerprint density at radius 2 is 2.23 bits per heavy atom. The monoisotopic (exact) mass is 301 g/mol. The van der Waals surface area contributed by atoms with Crippen LogP contribution in [-0.2, 0) is 0 Å². The predicted molar refractivity (Wildman–Crippen MR) is 77.7 cm³/mol. The van der Waals surface area contributed by atoms with Gasteiger partial charge in [0.2, 0.25) is 0 Å². The van der Waals surface area contributed by atoms with Crippen molar-refractivity contribution in [3.8, 4) is 0 Å². The summed E-state index contributed by atoms with van der Waals surface area (Å²) in [6.45, 7) is 2.88. The molecular weight excluding hydrogens is 286 g/mol. The largest absolute Gasteiger partial charge is 0.338 e. The van der Waals surface area contributed by atoms with E-state index in [1.165, 1.54) is 0 Å². The van der Waals surface area contributed by atoms with E-state index in [1.807, 2.05) is 13.0 Å². The first-order valence-electron chi connectivity index (χ1n) is 6.95. The number of hydrogen-bond donors (Lipinski definition) is 2. The number of amides is 1. The second-order valence-corrected chi connectivity index (χ2v) is 5.28. The Hall–Kier alpha value is -2.77. The molecule has 0 aromatic carbocycles. The standard InChI is InChI=1S/C14H15N5O3/c1-8-2-4-15-11(17-8)9-3-5-19(7-9)13(21)10-6-16-14(22)18-12(10)20/h2,4,6,9H,3,5,7H2,1H3,(H2,16,18,20,22). The number of carbonyl (C=O) groups is 1. The molecule has 0 spiro atoms. The summed E-state index contributed by atoms with van der Waals surface area (Å²) in [5, 5.41) is 0. The lowest BCUT2D eigenvalue weighted by Crippen LogP contribution is -2.35. The molecule has 3 heterocycles. The van der Waals surface area contributed by atoms with Gasteiger partial charge in [0.25, 0.3) is 11.5 Å². The summed E-state index contributed by atoms with van der Waals surface area (Å²) in [5.41, 5.74) is -0.490. The van der Waals surface area contributed by atoms with E-state index in [9.17, 15) is 14.4 Å². The summed E-state index contributed by atoms with van der Waals surface area (Å²) < 4.78 is 0. The van der Waals surface area contributed by atoms with Crippen LogP contribution in [0, 0.1) is 6.92 Å². The second-order valence-electron chi connectivity index (χ2n) is 5.28. The molecule has 1 fully saturated rings. The second kappa shape index (κ2) is 5.55. The molecule has 1 aliphatic heterocycles. The van der Waals surface area contributed by atoms with Crippen molar-refractivity contribution in [3.63, 3.8) is 0 Å². The van der Waals surface area contributed by atoms with Crippen LogP contribution < -0.4 is 11.2 Å². The number of likely N-dealkylation sites (tertiary alicyclic amines) is 1. The third-order valence-corrected chi connectivity index (χ3v) is 3.70. The van der Waals surface area contributed by atoms with Gasteiger partial charge >= 0.3 is 5.69 Å². The number of carbonyl (C=O) groups excluding carboxylic acids is 1. The number of aromatic amines is 2. The zero-order valence-corrected chi connectivity index (χ0v) is 12.0. The Morgan fingerprint density at radius 1 is 1.41 bits per heavy atom. The van der Waals surface area contributed by atoms with Gasteiger partial charge in [-0.25, -0.2) is 14.8 Å². The van der Waals surface area contributed by atoms with Crippen molar-refractivity contribution in [1.29, 1.82) is 0 Å². The highest BCUT2D eigenvalue weighted by Crippen LogP contribution is 2.25. The SMILES string of the molecule is Cc1ccnc(C2CCN(C(=O)c3c[nH]c(=O)[nH]c3=O)C2)n1. The summed E-state index contributed by atoms with van der Waals surface area (Å²) in [4.78, 5) is 49.6. The van der Waals surface area contributed by atoms with E-state index < -0.39 is 17.2 Å². The molecule has 3 rings (SSSR count). The van der Waals surface area contributed by atoms with Gasteiger partial charge in [-0.3, -0.25) is 14.6 Å². The molecule has 1 saturated heterocycles. The summed E-state index contributed by atoms with van der Waals surface area (Å²) in [5.74, 6) is 0.379. The van der Waals surface area contributed by atoms with E-state index in [2.05, 4.69) is 19.9 Å². The Morgan fingerprint density at radius 3 is 2.95 bits per heavy atom. The van der Waals surface area contributed by atoms with E-state index in [4.69, 9.17) is 0 Å². The van der Waals surface area contributed by atoms with Crippen molar-refractivity contribution in [2.45, 2.75) is 19.3 Å². The van der Waals surface area contributed by atoms with Crippen LogP contribution in [0.1, 0.15) is 34.2 Å². The summed E-state index contributed by atoms with van der Waals surface area (Å²) in [7, 11) is 0. The molecule has 22 heavy (non-hydrogen) atoms. The minimum absolute atomic E-state index is 0.0608. The molecule has 1 atom stereocenters. The van der Waals surface area contributed by atoms with E-state index in [0.717, 1.165) is 18.3 Å². The molecule has 8 nitrogen and oxygen atoms in total. The molecule has 0 radical (unpaired) electrons. The number of nitrogens with one attached hydrogen (secondary N) is 2. The topological polar surface area (TPSA) is 112 Å². The number of nitrogens with zero attached hydrogens (tertiary/aromatic N) is 3. The molecular formula is C14H15N5O3. The maximum absolute atomic E-state index is 12.4. The molecule has 8 heteroatoms. The van der Waals surface area contributed by atoms with Crippen molar-refractivity contribution in [1.82, 2.24) is 24.8 Å².